The second-order valence-corrected chi connectivity index (χ2v) is 5.20. The van der Waals surface area contributed by atoms with Gasteiger partial charge in [-0.25, -0.2) is 0 Å². The third-order valence-electron chi connectivity index (χ3n) is 3.16. The SMILES string of the molecule is CCCOC(=O)CCC(=O)N(CC#N)c1ccc(OCCC)cc1. The number of nitrogens with zero attached hydrogens (tertiary/aromatic N) is 2. The first-order chi connectivity index (χ1) is 11.6. The first-order valence-electron chi connectivity index (χ1n) is 8.18. The normalized spacial score (nSPS) is 9.88. The highest BCUT2D eigenvalue weighted by Gasteiger charge is 2.17. The van der Waals surface area contributed by atoms with Crippen LogP contribution >= 0.6 is 0 Å². The molecule has 0 aliphatic carbocycles. The van der Waals surface area contributed by atoms with Gasteiger partial charge in [-0.05, 0) is 37.1 Å². The third kappa shape index (κ3) is 6.69. The molecule has 0 unspecified atom stereocenters. The molecule has 1 aromatic carbocycles. The summed E-state index contributed by atoms with van der Waals surface area (Å²) in [5, 5.41) is 8.95. The Labute approximate surface area is 143 Å². The second kappa shape index (κ2) is 11.1. The molecule has 0 fully saturated rings. The molecule has 1 aromatic rings. The van der Waals surface area contributed by atoms with Gasteiger partial charge in [0.25, 0.3) is 0 Å². The lowest BCUT2D eigenvalue weighted by Gasteiger charge is -2.20. The molecule has 0 N–H and O–H groups in total. The lowest BCUT2D eigenvalue weighted by molar-refractivity contribution is -0.144. The molecule has 6 heteroatoms. The zero-order chi connectivity index (χ0) is 17.8. The van der Waals surface area contributed by atoms with Crippen LogP contribution in [0.5, 0.6) is 5.75 Å². The zero-order valence-electron chi connectivity index (χ0n) is 14.3. The van der Waals surface area contributed by atoms with Crippen molar-refractivity contribution in [3.63, 3.8) is 0 Å². The van der Waals surface area contributed by atoms with E-state index < -0.39 is 5.97 Å². The number of benzene rings is 1. The van der Waals surface area contributed by atoms with E-state index in [1.807, 2.05) is 19.9 Å². The molecule has 0 atom stereocenters. The highest BCUT2D eigenvalue weighted by molar-refractivity contribution is 5.95. The standard InChI is InChI=1S/C18H24N2O4/c1-3-13-23-16-7-5-15(6-8-16)20(12-11-19)17(21)9-10-18(22)24-14-4-2/h5-8H,3-4,9-10,12-14H2,1-2H3. The fourth-order valence-corrected chi connectivity index (χ4v) is 1.97. The summed E-state index contributed by atoms with van der Waals surface area (Å²) in [7, 11) is 0. The number of ether oxygens (including phenoxy) is 2. The van der Waals surface area contributed by atoms with E-state index in [0.717, 1.165) is 12.8 Å². The fraction of sp³-hybridized carbons (Fsp3) is 0.500. The first kappa shape index (κ1) is 19.5. The Morgan fingerprint density at radius 2 is 1.75 bits per heavy atom. The van der Waals surface area contributed by atoms with E-state index in [0.29, 0.717) is 24.7 Å². The van der Waals surface area contributed by atoms with Gasteiger partial charge in [-0.15, -0.1) is 0 Å². The number of carbonyl (C=O) groups excluding carboxylic acids is 2. The van der Waals surface area contributed by atoms with Gasteiger partial charge in [-0.1, -0.05) is 13.8 Å². The summed E-state index contributed by atoms with van der Waals surface area (Å²) >= 11 is 0. The molecule has 1 rings (SSSR count). The van der Waals surface area contributed by atoms with Crippen LogP contribution in [0.2, 0.25) is 0 Å². The summed E-state index contributed by atoms with van der Waals surface area (Å²) < 4.78 is 10.4. The van der Waals surface area contributed by atoms with E-state index >= 15 is 0 Å². The van der Waals surface area contributed by atoms with Crippen molar-refractivity contribution in [2.75, 3.05) is 24.7 Å². The molecule has 0 aromatic heterocycles. The van der Waals surface area contributed by atoms with Crippen molar-refractivity contribution in [3.8, 4) is 11.8 Å². The first-order valence-corrected chi connectivity index (χ1v) is 8.18. The molecule has 0 spiro atoms. The molecule has 24 heavy (non-hydrogen) atoms. The predicted molar refractivity (Wildman–Crippen MR) is 90.7 cm³/mol. The van der Waals surface area contributed by atoms with Crippen molar-refractivity contribution < 1.29 is 19.1 Å². The Bertz CT molecular complexity index is 563. The predicted octanol–water partition coefficient (Wildman–Crippen LogP) is 3.07. The molecule has 6 nitrogen and oxygen atoms in total. The number of anilines is 1. The molecule has 0 aliphatic heterocycles. The smallest absolute Gasteiger partial charge is 0.306 e. The largest absolute Gasteiger partial charge is 0.494 e. The van der Waals surface area contributed by atoms with Gasteiger partial charge in [-0.3, -0.25) is 14.5 Å². The van der Waals surface area contributed by atoms with Crippen LogP contribution in [0, 0.1) is 11.3 Å². The van der Waals surface area contributed by atoms with Gasteiger partial charge in [0, 0.05) is 12.1 Å². The van der Waals surface area contributed by atoms with Gasteiger partial charge in [-0.2, -0.15) is 5.26 Å². The Morgan fingerprint density at radius 1 is 1.08 bits per heavy atom. The summed E-state index contributed by atoms with van der Waals surface area (Å²) in [6.07, 6.45) is 1.68. The quantitative estimate of drug-likeness (QED) is 0.486. The topological polar surface area (TPSA) is 79.6 Å². The van der Waals surface area contributed by atoms with E-state index in [4.69, 9.17) is 14.7 Å². The average Bonchev–Trinajstić information content (AvgIpc) is 2.61. The van der Waals surface area contributed by atoms with Gasteiger partial charge >= 0.3 is 5.97 Å². The number of nitriles is 1. The Kier molecular flexibility index (Phi) is 8.98. The molecule has 0 radical (unpaired) electrons. The van der Waals surface area contributed by atoms with Crippen molar-refractivity contribution >= 4 is 17.6 Å². The number of carbonyl (C=O) groups is 2. The van der Waals surface area contributed by atoms with Crippen LogP contribution in [0.4, 0.5) is 5.69 Å². The summed E-state index contributed by atoms with van der Waals surface area (Å²) in [4.78, 5) is 25.2. The van der Waals surface area contributed by atoms with E-state index in [2.05, 4.69) is 0 Å². The molecule has 0 saturated heterocycles. The maximum absolute atomic E-state index is 12.3. The van der Waals surface area contributed by atoms with Crippen LogP contribution in [0.1, 0.15) is 39.5 Å². The Balaban J connectivity index is 2.66. The fourth-order valence-electron chi connectivity index (χ4n) is 1.97. The van der Waals surface area contributed by atoms with Gasteiger partial charge in [0.2, 0.25) is 5.91 Å². The number of hydrogen-bond acceptors (Lipinski definition) is 5. The summed E-state index contributed by atoms with van der Waals surface area (Å²) in [5.74, 6) is 0.0331. The molecule has 0 aliphatic rings. The van der Waals surface area contributed by atoms with Crippen LogP contribution in [0.3, 0.4) is 0 Å². The van der Waals surface area contributed by atoms with Crippen LogP contribution in [-0.2, 0) is 14.3 Å². The van der Waals surface area contributed by atoms with Gasteiger partial charge in [0.1, 0.15) is 12.3 Å². The average molecular weight is 332 g/mol. The monoisotopic (exact) mass is 332 g/mol. The maximum atomic E-state index is 12.3. The van der Waals surface area contributed by atoms with Gasteiger partial charge in [0.15, 0.2) is 0 Å². The molecule has 0 saturated carbocycles. The summed E-state index contributed by atoms with van der Waals surface area (Å²) in [6, 6.07) is 8.96. The number of esters is 1. The van der Waals surface area contributed by atoms with Crippen LogP contribution in [0.15, 0.2) is 24.3 Å². The zero-order valence-corrected chi connectivity index (χ0v) is 14.3. The van der Waals surface area contributed by atoms with Crippen molar-refractivity contribution in [2.45, 2.75) is 39.5 Å². The van der Waals surface area contributed by atoms with Gasteiger partial charge in [0.05, 0.1) is 25.7 Å². The number of hydrogen-bond donors (Lipinski definition) is 0. The Morgan fingerprint density at radius 3 is 2.33 bits per heavy atom. The molecule has 1 amide bonds. The highest BCUT2D eigenvalue weighted by Crippen LogP contribution is 2.20. The lowest BCUT2D eigenvalue weighted by atomic mass is 10.2. The molecule has 130 valence electrons. The Hall–Kier alpha value is -2.55. The molecule has 0 bridgehead atoms. The molecular weight excluding hydrogens is 308 g/mol. The number of rotatable bonds is 10. The summed E-state index contributed by atoms with van der Waals surface area (Å²) in [6.45, 7) is 4.83. The van der Waals surface area contributed by atoms with Crippen molar-refractivity contribution in [1.82, 2.24) is 0 Å². The highest BCUT2D eigenvalue weighted by atomic mass is 16.5. The van der Waals surface area contributed by atoms with Crippen LogP contribution in [-0.4, -0.2) is 31.6 Å². The maximum Gasteiger partial charge on any atom is 0.306 e. The minimum atomic E-state index is -0.398. The van der Waals surface area contributed by atoms with Crippen LogP contribution in [0.25, 0.3) is 0 Å². The minimum Gasteiger partial charge on any atom is -0.494 e. The number of amides is 1. The molecule has 0 heterocycles. The summed E-state index contributed by atoms with van der Waals surface area (Å²) in [5.41, 5.74) is 0.604. The van der Waals surface area contributed by atoms with E-state index in [-0.39, 0.29) is 25.3 Å². The van der Waals surface area contributed by atoms with E-state index in [9.17, 15) is 9.59 Å². The van der Waals surface area contributed by atoms with Crippen LogP contribution < -0.4 is 9.64 Å². The minimum absolute atomic E-state index is 0.0122. The van der Waals surface area contributed by atoms with Gasteiger partial charge < -0.3 is 9.47 Å². The van der Waals surface area contributed by atoms with Crippen molar-refractivity contribution in [2.24, 2.45) is 0 Å². The second-order valence-electron chi connectivity index (χ2n) is 5.20. The van der Waals surface area contributed by atoms with E-state index in [1.54, 1.807) is 24.3 Å². The van der Waals surface area contributed by atoms with Crippen molar-refractivity contribution in [1.29, 1.82) is 5.26 Å². The molecular formula is C18H24N2O4. The van der Waals surface area contributed by atoms with Crippen molar-refractivity contribution in [3.05, 3.63) is 24.3 Å². The van der Waals surface area contributed by atoms with E-state index in [1.165, 1.54) is 4.90 Å². The third-order valence-corrected chi connectivity index (χ3v) is 3.16. The lowest BCUT2D eigenvalue weighted by Crippen LogP contribution is -2.31.